The summed E-state index contributed by atoms with van der Waals surface area (Å²) in [5.74, 6) is -0.231. The van der Waals surface area contributed by atoms with Gasteiger partial charge in [0.2, 0.25) is 0 Å². The Morgan fingerprint density at radius 1 is 1.38 bits per heavy atom. The van der Waals surface area contributed by atoms with Gasteiger partial charge < -0.3 is 15.7 Å². The molecule has 1 atom stereocenters. The van der Waals surface area contributed by atoms with Crippen LogP contribution in [0.5, 0.6) is 0 Å². The van der Waals surface area contributed by atoms with Crippen molar-refractivity contribution in [1.82, 2.24) is 25.2 Å². The number of rotatable bonds is 3. The second-order valence-corrected chi connectivity index (χ2v) is 6.75. The first-order valence-electron chi connectivity index (χ1n) is 8.44. The smallest absolute Gasteiger partial charge is 0.257 e. The Bertz CT molecular complexity index is 760. The Hall–Kier alpha value is -1.99. The number of hydrogen-bond acceptors (Lipinski definition) is 5. The first-order valence-corrected chi connectivity index (χ1v) is 8.44. The fourth-order valence-corrected chi connectivity index (χ4v) is 3.32. The minimum atomic E-state index is -0.852. The number of aryl methyl sites for hydroxylation is 3. The van der Waals surface area contributed by atoms with E-state index < -0.39 is 5.60 Å². The van der Waals surface area contributed by atoms with E-state index in [9.17, 15) is 9.90 Å². The summed E-state index contributed by atoms with van der Waals surface area (Å²) in [5.41, 5.74) is 2.63. The third-order valence-corrected chi connectivity index (χ3v) is 4.64. The van der Waals surface area contributed by atoms with Gasteiger partial charge in [-0.3, -0.25) is 4.79 Å². The zero-order valence-corrected chi connectivity index (χ0v) is 14.5. The SMILES string of the molecule is Cc1cc(C)n2nc(C)c(C(=O)NC[C@]3(O)CCCNCC3)c2n1. The maximum absolute atomic E-state index is 12.7. The van der Waals surface area contributed by atoms with Crippen LogP contribution in [0, 0.1) is 20.8 Å². The molecule has 0 radical (unpaired) electrons. The third-order valence-electron chi connectivity index (χ3n) is 4.64. The van der Waals surface area contributed by atoms with Gasteiger partial charge in [0.15, 0.2) is 5.65 Å². The fraction of sp³-hybridized carbons (Fsp3) is 0.588. The zero-order chi connectivity index (χ0) is 17.3. The monoisotopic (exact) mass is 331 g/mol. The summed E-state index contributed by atoms with van der Waals surface area (Å²) in [6, 6.07) is 1.93. The molecule has 0 aliphatic carbocycles. The van der Waals surface area contributed by atoms with Gasteiger partial charge in [0.1, 0.15) is 5.56 Å². The summed E-state index contributed by atoms with van der Waals surface area (Å²) in [6.45, 7) is 7.57. The topological polar surface area (TPSA) is 91.6 Å². The maximum Gasteiger partial charge on any atom is 0.257 e. The molecule has 0 spiro atoms. The highest BCUT2D eigenvalue weighted by atomic mass is 16.3. The summed E-state index contributed by atoms with van der Waals surface area (Å²) in [4.78, 5) is 17.2. The summed E-state index contributed by atoms with van der Waals surface area (Å²) in [7, 11) is 0. The summed E-state index contributed by atoms with van der Waals surface area (Å²) in [5, 5.41) is 21.3. The van der Waals surface area contributed by atoms with Gasteiger partial charge in [-0.25, -0.2) is 9.50 Å². The molecule has 3 N–H and O–H groups in total. The average molecular weight is 331 g/mol. The molecule has 130 valence electrons. The van der Waals surface area contributed by atoms with Gasteiger partial charge in [0.25, 0.3) is 5.91 Å². The molecule has 1 aliphatic heterocycles. The van der Waals surface area contributed by atoms with Crippen LogP contribution in [0.1, 0.15) is 46.7 Å². The Kier molecular flexibility index (Phi) is 4.56. The van der Waals surface area contributed by atoms with E-state index in [4.69, 9.17) is 0 Å². The average Bonchev–Trinajstić information content (AvgIpc) is 2.70. The van der Waals surface area contributed by atoms with E-state index in [-0.39, 0.29) is 12.5 Å². The number of carbonyl (C=O) groups excluding carboxylic acids is 1. The molecule has 2 aromatic rings. The van der Waals surface area contributed by atoms with Crippen molar-refractivity contribution in [2.24, 2.45) is 0 Å². The molecule has 1 aliphatic rings. The second kappa shape index (κ2) is 6.49. The number of carbonyl (C=O) groups is 1. The van der Waals surface area contributed by atoms with Crippen LogP contribution in [-0.2, 0) is 0 Å². The minimum Gasteiger partial charge on any atom is -0.388 e. The predicted molar refractivity (Wildman–Crippen MR) is 91.2 cm³/mol. The number of fused-ring (bicyclic) bond motifs is 1. The van der Waals surface area contributed by atoms with Crippen LogP contribution in [0.3, 0.4) is 0 Å². The van der Waals surface area contributed by atoms with Gasteiger partial charge in [-0.1, -0.05) is 0 Å². The lowest BCUT2D eigenvalue weighted by molar-refractivity contribution is 0.0276. The summed E-state index contributed by atoms with van der Waals surface area (Å²) < 4.78 is 1.70. The molecule has 3 rings (SSSR count). The van der Waals surface area contributed by atoms with Crippen molar-refractivity contribution in [2.45, 2.75) is 45.6 Å². The first kappa shape index (κ1) is 16.9. The first-order chi connectivity index (χ1) is 11.4. The van der Waals surface area contributed by atoms with Crippen molar-refractivity contribution in [3.05, 3.63) is 28.7 Å². The molecule has 0 saturated carbocycles. The second-order valence-electron chi connectivity index (χ2n) is 6.75. The molecular weight excluding hydrogens is 306 g/mol. The van der Waals surface area contributed by atoms with E-state index in [1.54, 1.807) is 4.52 Å². The molecule has 24 heavy (non-hydrogen) atoms. The number of nitrogens with zero attached hydrogens (tertiary/aromatic N) is 3. The van der Waals surface area contributed by atoms with Crippen LogP contribution in [0.4, 0.5) is 0 Å². The lowest BCUT2D eigenvalue weighted by Crippen LogP contribution is -2.43. The molecule has 3 heterocycles. The summed E-state index contributed by atoms with van der Waals surface area (Å²) in [6.07, 6.45) is 2.23. The van der Waals surface area contributed by atoms with Gasteiger partial charge in [0, 0.05) is 17.9 Å². The molecule has 0 aromatic carbocycles. The fourth-order valence-electron chi connectivity index (χ4n) is 3.32. The highest BCUT2D eigenvalue weighted by Crippen LogP contribution is 2.20. The minimum absolute atomic E-state index is 0.231. The quantitative estimate of drug-likeness (QED) is 0.777. The number of aliphatic hydroxyl groups is 1. The molecule has 0 bridgehead atoms. The van der Waals surface area contributed by atoms with Crippen molar-refractivity contribution in [3.63, 3.8) is 0 Å². The highest BCUT2D eigenvalue weighted by Gasteiger charge is 2.29. The van der Waals surface area contributed by atoms with Gasteiger partial charge >= 0.3 is 0 Å². The van der Waals surface area contributed by atoms with Crippen LogP contribution < -0.4 is 10.6 Å². The van der Waals surface area contributed by atoms with Crippen LogP contribution in [0.2, 0.25) is 0 Å². The lowest BCUT2D eigenvalue weighted by Gasteiger charge is -2.26. The molecule has 0 unspecified atom stereocenters. The standard InChI is InChI=1S/C17H25N5O2/c1-11-9-12(2)22-15(20-11)14(13(3)21-22)16(23)19-10-17(24)5-4-7-18-8-6-17/h9,18,24H,4-8,10H2,1-3H3,(H,19,23)/t17-/m0/s1. The third kappa shape index (κ3) is 3.27. The van der Waals surface area contributed by atoms with E-state index in [0.717, 1.165) is 30.9 Å². The van der Waals surface area contributed by atoms with Crippen molar-refractivity contribution in [1.29, 1.82) is 0 Å². The van der Waals surface area contributed by atoms with Crippen LogP contribution in [0.25, 0.3) is 5.65 Å². The molecule has 1 fully saturated rings. The van der Waals surface area contributed by atoms with E-state index in [1.807, 2.05) is 26.8 Å². The van der Waals surface area contributed by atoms with Crippen molar-refractivity contribution in [3.8, 4) is 0 Å². The largest absolute Gasteiger partial charge is 0.388 e. The molecule has 1 amide bonds. The van der Waals surface area contributed by atoms with Gasteiger partial charge in [-0.05, 0) is 59.2 Å². The normalized spacial score (nSPS) is 21.7. The van der Waals surface area contributed by atoms with E-state index in [2.05, 4.69) is 20.7 Å². The maximum atomic E-state index is 12.7. The predicted octanol–water partition coefficient (Wildman–Crippen LogP) is 0.889. The number of aromatic nitrogens is 3. The number of amides is 1. The Labute approximate surface area is 141 Å². The molecular formula is C17H25N5O2. The van der Waals surface area contributed by atoms with Crippen molar-refractivity contribution in [2.75, 3.05) is 19.6 Å². The van der Waals surface area contributed by atoms with Crippen LogP contribution in [-0.4, -0.2) is 50.8 Å². The molecule has 7 heteroatoms. The lowest BCUT2D eigenvalue weighted by atomic mass is 9.95. The Morgan fingerprint density at radius 3 is 2.96 bits per heavy atom. The Morgan fingerprint density at radius 2 is 2.17 bits per heavy atom. The van der Waals surface area contributed by atoms with Gasteiger partial charge in [-0.2, -0.15) is 5.10 Å². The van der Waals surface area contributed by atoms with E-state index in [1.165, 1.54) is 0 Å². The molecule has 1 saturated heterocycles. The van der Waals surface area contributed by atoms with Crippen molar-refractivity contribution < 1.29 is 9.90 Å². The van der Waals surface area contributed by atoms with Crippen molar-refractivity contribution >= 4 is 11.6 Å². The molecule has 2 aromatic heterocycles. The number of hydrogen-bond donors (Lipinski definition) is 3. The Balaban J connectivity index is 1.82. The van der Waals surface area contributed by atoms with Crippen LogP contribution in [0.15, 0.2) is 6.07 Å². The van der Waals surface area contributed by atoms with Crippen LogP contribution >= 0.6 is 0 Å². The van der Waals surface area contributed by atoms with E-state index in [0.29, 0.717) is 29.7 Å². The number of nitrogens with one attached hydrogen (secondary N) is 2. The summed E-state index contributed by atoms with van der Waals surface area (Å²) >= 11 is 0. The van der Waals surface area contributed by atoms with Gasteiger partial charge in [0.05, 0.1) is 11.3 Å². The zero-order valence-electron chi connectivity index (χ0n) is 14.5. The highest BCUT2D eigenvalue weighted by molar-refractivity contribution is 6.01. The molecule has 7 nitrogen and oxygen atoms in total. The van der Waals surface area contributed by atoms with E-state index >= 15 is 0 Å². The van der Waals surface area contributed by atoms with Gasteiger partial charge in [-0.15, -0.1) is 0 Å².